The number of ether oxygens (including phenoxy) is 5. The lowest BCUT2D eigenvalue weighted by molar-refractivity contribution is -0.384. The van der Waals surface area contributed by atoms with Gasteiger partial charge in [0.05, 0.1) is 31.3 Å². The van der Waals surface area contributed by atoms with E-state index in [-0.39, 0.29) is 32.9 Å². The number of aliphatic imine (C=N–C) groups is 1. The summed E-state index contributed by atoms with van der Waals surface area (Å²) in [5, 5.41) is 11.7. The Balaban J connectivity index is 1.45. The van der Waals surface area contributed by atoms with Crippen LogP contribution in [0.3, 0.4) is 0 Å². The number of halogens is 1. The number of cyclic esters (lactones) is 1. The molecule has 4 aromatic rings. The van der Waals surface area contributed by atoms with Crippen LogP contribution in [0.2, 0.25) is 5.02 Å². The molecule has 0 bridgehead atoms. The predicted molar refractivity (Wildman–Crippen MR) is 152 cm³/mol. The first-order valence-electron chi connectivity index (χ1n) is 11.7. The number of benzene rings is 3. The van der Waals surface area contributed by atoms with Crippen molar-refractivity contribution in [3.05, 3.63) is 91.4 Å². The summed E-state index contributed by atoms with van der Waals surface area (Å²) in [6.07, 6.45) is 1.42. The molecule has 0 radical (unpaired) electrons. The van der Waals surface area contributed by atoms with Crippen molar-refractivity contribution >= 4 is 62.6 Å². The number of hydrogen-bond acceptors (Lipinski definition) is 11. The van der Waals surface area contributed by atoms with Crippen molar-refractivity contribution in [1.82, 2.24) is 0 Å². The monoisotopic (exact) mass is 594 g/mol. The molecule has 0 N–H and O–H groups in total. The fourth-order valence-corrected chi connectivity index (χ4v) is 5.44. The minimum absolute atomic E-state index is 0.0149. The average molecular weight is 595 g/mol. The third-order valence-electron chi connectivity index (χ3n) is 5.96. The molecule has 0 fully saturated rings. The molecule has 13 heteroatoms. The van der Waals surface area contributed by atoms with Gasteiger partial charge in [0.25, 0.3) is 5.69 Å². The highest BCUT2D eigenvalue weighted by Gasteiger charge is 2.27. The maximum absolute atomic E-state index is 13.1. The van der Waals surface area contributed by atoms with E-state index >= 15 is 0 Å². The summed E-state index contributed by atoms with van der Waals surface area (Å²) in [6, 6.07) is 13.8. The fraction of sp³-hybridized carbons (Fsp3) is 0.107. The van der Waals surface area contributed by atoms with Crippen molar-refractivity contribution in [2.45, 2.75) is 0 Å². The van der Waals surface area contributed by atoms with Gasteiger partial charge in [-0.2, -0.15) is 0 Å². The highest BCUT2D eigenvalue weighted by molar-refractivity contribution is 7.21. The summed E-state index contributed by atoms with van der Waals surface area (Å²) in [5.74, 6) is -0.263. The number of nitro benzene ring substituents is 1. The summed E-state index contributed by atoms with van der Waals surface area (Å²) in [5.41, 5.74) is 0.623. The highest BCUT2D eigenvalue weighted by Crippen LogP contribution is 2.40. The van der Waals surface area contributed by atoms with Gasteiger partial charge in [-0.05, 0) is 30.3 Å². The fourth-order valence-electron chi connectivity index (χ4n) is 4.02. The van der Waals surface area contributed by atoms with Crippen molar-refractivity contribution in [3.63, 3.8) is 0 Å². The Bertz CT molecular complexity index is 1770. The van der Waals surface area contributed by atoms with Crippen molar-refractivity contribution in [2.75, 3.05) is 21.3 Å². The number of fused-ring (bicyclic) bond motifs is 1. The lowest BCUT2D eigenvalue weighted by atomic mass is 10.1. The molecule has 1 aliphatic rings. The maximum Gasteiger partial charge on any atom is 0.363 e. The van der Waals surface area contributed by atoms with E-state index in [1.807, 2.05) is 0 Å². The number of nitrogens with zero attached hydrogens (tertiary/aromatic N) is 2. The van der Waals surface area contributed by atoms with Gasteiger partial charge in [-0.25, -0.2) is 14.6 Å². The number of hydrogen-bond donors (Lipinski definition) is 0. The Hall–Kier alpha value is -4.94. The zero-order valence-corrected chi connectivity index (χ0v) is 23.2. The SMILES string of the molecule is COc1cc(C2=N/C(=C/c3ccccc3OC(=O)c3sc4cc([N+](=O)[O-])ccc4c3Cl)C(=O)O2)cc(OC)c1OC. The van der Waals surface area contributed by atoms with E-state index in [0.29, 0.717) is 38.5 Å². The summed E-state index contributed by atoms with van der Waals surface area (Å²) >= 11 is 7.38. The number of carbonyl (C=O) groups excluding carboxylic acids is 2. The lowest BCUT2D eigenvalue weighted by Gasteiger charge is -2.13. The number of carbonyl (C=O) groups is 2. The molecule has 2 heterocycles. The van der Waals surface area contributed by atoms with E-state index in [0.717, 1.165) is 11.3 Å². The first-order valence-corrected chi connectivity index (χ1v) is 12.9. The Morgan fingerprint density at radius 2 is 1.73 bits per heavy atom. The molecule has 0 saturated carbocycles. The molecule has 11 nitrogen and oxygen atoms in total. The molecule has 0 amide bonds. The second-order valence-electron chi connectivity index (χ2n) is 8.36. The van der Waals surface area contributed by atoms with E-state index < -0.39 is 16.9 Å². The second-order valence-corrected chi connectivity index (χ2v) is 9.79. The molecule has 1 aromatic heterocycles. The Kier molecular flexibility index (Phi) is 7.60. The van der Waals surface area contributed by atoms with Crippen LogP contribution in [0, 0.1) is 10.1 Å². The summed E-state index contributed by atoms with van der Waals surface area (Å²) < 4.78 is 27.5. The predicted octanol–water partition coefficient (Wildman–Crippen LogP) is 6.05. The van der Waals surface area contributed by atoms with Crippen LogP contribution in [0.15, 0.2) is 65.3 Å². The molecule has 0 unspecified atom stereocenters. The molecular formula is C28H19ClN2O9S. The van der Waals surface area contributed by atoms with Crippen molar-refractivity contribution in [1.29, 1.82) is 0 Å². The van der Waals surface area contributed by atoms with Crippen LogP contribution < -0.4 is 18.9 Å². The number of thiophene rings is 1. The lowest BCUT2D eigenvalue weighted by Crippen LogP contribution is -2.08. The average Bonchev–Trinajstić information content (AvgIpc) is 3.51. The van der Waals surface area contributed by atoms with Gasteiger partial charge in [0.2, 0.25) is 11.6 Å². The minimum atomic E-state index is -0.764. The quantitative estimate of drug-likeness (QED) is 0.0784. The Morgan fingerprint density at radius 3 is 2.39 bits per heavy atom. The number of non-ortho nitro benzene ring substituents is 1. The van der Waals surface area contributed by atoms with Crippen LogP contribution in [-0.4, -0.2) is 44.1 Å². The number of nitro groups is 1. The van der Waals surface area contributed by atoms with Crippen LogP contribution in [0.4, 0.5) is 5.69 Å². The van der Waals surface area contributed by atoms with Gasteiger partial charge in [-0.1, -0.05) is 29.8 Å². The first kappa shape index (κ1) is 27.6. The molecule has 208 valence electrons. The largest absolute Gasteiger partial charge is 0.493 e. The van der Waals surface area contributed by atoms with Crippen molar-refractivity contribution < 1.29 is 38.2 Å². The van der Waals surface area contributed by atoms with Gasteiger partial charge in [0.15, 0.2) is 17.2 Å². The molecule has 1 aliphatic heterocycles. The zero-order chi connectivity index (χ0) is 29.3. The topological polar surface area (TPSA) is 136 Å². The van der Waals surface area contributed by atoms with Gasteiger partial charge in [-0.3, -0.25) is 10.1 Å². The smallest absolute Gasteiger partial charge is 0.363 e. The second kappa shape index (κ2) is 11.3. The normalized spacial score (nSPS) is 13.6. The van der Waals surface area contributed by atoms with Gasteiger partial charge in [-0.15, -0.1) is 11.3 Å². The van der Waals surface area contributed by atoms with E-state index in [4.69, 9.17) is 35.3 Å². The van der Waals surface area contributed by atoms with Crippen LogP contribution in [0.25, 0.3) is 16.2 Å². The third kappa shape index (κ3) is 5.30. The highest BCUT2D eigenvalue weighted by atomic mass is 35.5. The van der Waals surface area contributed by atoms with Crippen LogP contribution in [0.1, 0.15) is 20.8 Å². The van der Waals surface area contributed by atoms with Crippen molar-refractivity contribution in [3.8, 4) is 23.0 Å². The molecule has 41 heavy (non-hydrogen) atoms. The number of methoxy groups -OCH3 is 3. The molecule has 0 spiro atoms. The zero-order valence-electron chi connectivity index (χ0n) is 21.6. The molecular weight excluding hydrogens is 576 g/mol. The molecule has 0 atom stereocenters. The summed E-state index contributed by atoms with van der Waals surface area (Å²) in [7, 11) is 4.39. The van der Waals surface area contributed by atoms with Crippen LogP contribution in [-0.2, 0) is 9.53 Å². The standard InChI is InChI=1S/C28H19ClN2O9S/c1-36-20-11-15(12-21(37-2)24(20)38-3)26-30-18(27(32)40-26)10-14-6-4-5-7-19(14)39-28(33)25-23(29)17-9-8-16(31(34)35)13-22(17)41-25/h4-13H,1-3H3/b18-10+. The van der Waals surface area contributed by atoms with Gasteiger partial charge < -0.3 is 23.7 Å². The third-order valence-corrected chi connectivity index (χ3v) is 7.59. The van der Waals surface area contributed by atoms with E-state index in [1.54, 1.807) is 36.4 Å². The van der Waals surface area contributed by atoms with Crippen molar-refractivity contribution in [2.24, 2.45) is 4.99 Å². The molecule has 0 aliphatic carbocycles. The molecule has 3 aromatic carbocycles. The Morgan fingerprint density at radius 1 is 1.02 bits per heavy atom. The molecule has 0 saturated heterocycles. The van der Waals surface area contributed by atoms with E-state index in [2.05, 4.69) is 4.99 Å². The number of rotatable bonds is 8. The maximum atomic E-state index is 13.1. The minimum Gasteiger partial charge on any atom is -0.493 e. The van der Waals surface area contributed by atoms with E-state index in [1.165, 1.54) is 45.6 Å². The van der Waals surface area contributed by atoms with Gasteiger partial charge in [0.1, 0.15) is 10.6 Å². The number of para-hydroxylation sites is 1. The van der Waals surface area contributed by atoms with Crippen LogP contribution >= 0.6 is 22.9 Å². The summed E-state index contributed by atoms with van der Waals surface area (Å²) in [4.78, 5) is 40.8. The first-order chi connectivity index (χ1) is 19.7. The summed E-state index contributed by atoms with van der Waals surface area (Å²) in [6.45, 7) is 0. The van der Waals surface area contributed by atoms with Gasteiger partial charge >= 0.3 is 11.9 Å². The number of esters is 2. The van der Waals surface area contributed by atoms with Crippen LogP contribution in [0.5, 0.6) is 23.0 Å². The Labute approximate surface area is 241 Å². The van der Waals surface area contributed by atoms with E-state index in [9.17, 15) is 19.7 Å². The molecule has 5 rings (SSSR count). The van der Waals surface area contributed by atoms with Gasteiger partial charge in [0, 0.05) is 33.3 Å².